The van der Waals surface area contributed by atoms with E-state index in [2.05, 4.69) is 27.7 Å². The molecule has 0 heterocycles. The quantitative estimate of drug-likeness (QED) is 0.566. The lowest BCUT2D eigenvalue weighted by molar-refractivity contribution is 0.322. The van der Waals surface area contributed by atoms with Gasteiger partial charge < -0.3 is 0 Å². The maximum absolute atomic E-state index is 2.42. The molecule has 74 valence electrons. The fourth-order valence-electron chi connectivity index (χ4n) is 1.14. The molecule has 1 aliphatic carbocycles. The van der Waals surface area contributed by atoms with Gasteiger partial charge in [0.1, 0.15) is 0 Å². The number of rotatable bonds is 2. The maximum Gasteiger partial charge on any atom is -0.0325 e. The normalized spacial score (nSPS) is 19.5. The molecule has 12 heavy (non-hydrogen) atoms. The third-order valence-corrected chi connectivity index (χ3v) is 2.58. The molecule has 0 aliphatic heterocycles. The van der Waals surface area contributed by atoms with Crippen molar-refractivity contribution in [1.29, 1.82) is 0 Å². The lowest BCUT2D eigenvalue weighted by Crippen LogP contribution is -2.07. The molecule has 0 heteroatoms. The Hall–Kier alpha value is 0. The first-order valence-corrected chi connectivity index (χ1v) is 5.41. The van der Waals surface area contributed by atoms with Gasteiger partial charge in [-0.05, 0) is 36.5 Å². The zero-order valence-electron chi connectivity index (χ0n) is 9.83. The molecule has 0 amide bonds. The third-order valence-electron chi connectivity index (χ3n) is 2.58. The highest BCUT2D eigenvalue weighted by molar-refractivity contribution is 4.89. The van der Waals surface area contributed by atoms with Crippen molar-refractivity contribution in [2.45, 2.75) is 67.2 Å². The van der Waals surface area contributed by atoms with Crippen molar-refractivity contribution in [3.8, 4) is 0 Å². The molecule has 1 saturated carbocycles. The molecule has 0 spiro atoms. The van der Waals surface area contributed by atoms with Crippen molar-refractivity contribution in [3.63, 3.8) is 0 Å². The minimum absolute atomic E-state index is 0.547. The Morgan fingerprint density at radius 1 is 1.08 bits per heavy atom. The second kappa shape index (κ2) is 4.30. The van der Waals surface area contributed by atoms with E-state index in [-0.39, 0.29) is 0 Å². The fourth-order valence-corrected chi connectivity index (χ4v) is 1.14. The van der Waals surface area contributed by atoms with Crippen LogP contribution in [0.3, 0.4) is 0 Å². The van der Waals surface area contributed by atoms with Crippen LogP contribution in [0.2, 0.25) is 0 Å². The Morgan fingerprint density at radius 3 is 1.75 bits per heavy atom. The van der Waals surface area contributed by atoms with Crippen LogP contribution in [0.1, 0.15) is 67.2 Å². The van der Waals surface area contributed by atoms with E-state index in [1.165, 1.54) is 25.7 Å². The van der Waals surface area contributed by atoms with Crippen LogP contribution in [-0.2, 0) is 0 Å². The predicted molar refractivity (Wildman–Crippen MR) is 57.4 cm³/mol. The second-order valence-electron chi connectivity index (χ2n) is 5.37. The average Bonchev–Trinajstić information content (AvgIpc) is 2.69. The highest BCUT2D eigenvalue weighted by Gasteiger charge is 2.37. The van der Waals surface area contributed by atoms with Gasteiger partial charge in [0.05, 0.1) is 0 Å². The van der Waals surface area contributed by atoms with E-state index >= 15 is 0 Å². The molecular weight excluding hydrogens is 144 g/mol. The van der Waals surface area contributed by atoms with Crippen LogP contribution < -0.4 is 0 Å². The maximum atomic E-state index is 2.42. The summed E-state index contributed by atoms with van der Waals surface area (Å²) in [6.45, 7) is 13.4. The molecule has 0 aromatic rings. The largest absolute Gasteiger partial charge is 0.0683 e. The van der Waals surface area contributed by atoms with Crippen molar-refractivity contribution in [2.75, 3.05) is 0 Å². The van der Waals surface area contributed by atoms with E-state index in [0.717, 1.165) is 5.41 Å². The van der Waals surface area contributed by atoms with Gasteiger partial charge in [-0.25, -0.2) is 0 Å². The average molecular weight is 170 g/mol. The van der Waals surface area contributed by atoms with Crippen LogP contribution in [0.25, 0.3) is 0 Å². The minimum Gasteiger partial charge on any atom is -0.0683 e. The lowest BCUT2D eigenvalue weighted by Gasteiger charge is -2.20. The monoisotopic (exact) mass is 170 g/mol. The van der Waals surface area contributed by atoms with Gasteiger partial charge in [0.2, 0.25) is 0 Å². The molecule has 1 aliphatic rings. The van der Waals surface area contributed by atoms with Crippen molar-refractivity contribution in [2.24, 2.45) is 10.8 Å². The minimum atomic E-state index is 0.547. The Bertz CT molecular complexity index is 107. The Kier molecular flexibility index (Phi) is 4.30. The number of hydrogen-bond donors (Lipinski definition) is 0. The molecule has 0 saturated heterocycles. The zero-order valence-corrected chi connectivity index (χ0v) is 9.83. The molecule has 0 bridgehead atoms. The summed E-state index contributed by atoms with van der Waals surface area (Å²) < 4.78 is 0. The summed E-state index contributed by atoms with van der Waals surface area (Å²) in [5.74, 6) is 0. The summed E-state index contributed by atoms with van der Waals surface area (Å²) in [6, 6.07) is 0. The summed E-state index contributed by atoms with van der Waals surface area (Å²) in [7, 11) is 0. The summed E-state index contributed by atoms with van der Waals surface area (Å²) in [4.78, 5) is 0. The van der Waals surface area contributed by atoms with Crippen LogP contribution in [-0.4, -0.2) is 0 Å². The second-order valence-corrected chi connectivity index (χ2v) is 5.37. The standard InChI is InChI=1S/C10H20.C2H6/c1-9(2,3)5-6-10(4)7-8-10;1-2/h5-8H2,1-4H3;1-2H3. The van der Waals surface area contributed by atoms with Crippen molar-refractivity contribution >= 4 is 0 Å². The first-order chi connectivity index (χ1) is 5.41. The van der Waals surface area contributed by atoms with Gasteiger partial charge in [0, 0.05) is 0 Å². The summed E-state index contributed by atoms with van der Waals surface area (Å²) in [5.41, 5.74) is 1.30. The molecule has 0 unspecified atom stereocenters. The van der Waals surface area contributed by atoms with Crippen LogP contribution in [0.15, 0.2) is 0 Å². The molecule has 1 rings (SSSR count). The molecule has 0 N–H and O–H groups in total. The van der Waals surface area contributed by atoms with E-state index in [9.17, 15) is 0 Å². The van der Waals surface area contributed by atoms with E-state index in [1.54, 1.807) is 0 Å². The smallest absolute Gasteiger partial charge is 0.0325 e. The van der Waals surface area contributed by atoms with Gasteiger partial charge in [-0.2, -0.15) is 0 Å². The Morgan fingerprint density at radius 2 is 1.50 bits per heavy atom. The first-order valence-electron chi connectivity index (χ1n) is 5.41. The zero-order chi connectivity index (χ0) is 9.83. The third kappa shape index (κ3) is 5.62. The van der Waals surface area contributed by atoms with E-state index in [4.69, 9.17) is 0 Å². The highest BCUT2D eigenvalue weighted by Crippen LogP contribution is 2.50. The topological polar surface area (TPSA) is 0 Å². The van der Waals surface area contributed by atoms with E-state index in [1.807, 2.05) is 13.8 Å². The molecular formula is C12H26. The van der Waals surface area contributed by atoms with Crippen LogP contribution in [0.4, 0.5) is 0 Å². The molecule has 0 nitrogen and oxygen atoms in total. The Balaban J connectivity index is 0.000000561. The van der Waals surface area contributed by atoms with Gasteiger partial charge in [0.15, 0.2) is 0 Å². The van der Waals surface area contributed by atoms with Crippen molar-refractivity contribution in [1.82, 2.24) is 0 Å². The van der Waals surface area contributed by atoms with Crippen molar-refractivity contribution in [3.05, 3.63) is 0 Å². The highest BCUT2D eigenvalue weighted by atomic mass is 14.4. The lowest BCUT2D eigenvalue weighted by atomic mass is 9.86. The van der Waals surface area contributed by atoms with Gasteiger partial charge in [-0.3, -0.25) is 0 Å². The molecule has 1 fully saturated rings. The van der Waals surface area contributed by atoms with Crippen LogP contribution in [0, 0.1) is 10.8 Å². The predicted octanol–water partition coefficient (Wildman–Crippen LogP) is 4.64. The molecule has 0 atom stereocenters. The first kappa shape index (κ1) is 12.0. The molecule has 0 aromatic heterocycles. The number of hydrogen-bond acceptors (Lipinski definition) is 0. The van der Waals surface area contributed by atoms with Crippen LogP contribution in [0.5, 0.6) is 0 Å². The van der Waals surface area contributed by atoms with E-state index < -0.39 is 0 Å². The fraction of sp³-hybridized carbons (Fsp3) is 1.00. The van der Waals surface area contributed by atoms with Crippen LogP contribution >= 0.6 is 0 Å². The SMILES string of the molecule is CC.CC(C)(C)CCC1(C)CC1. The Labute approximate surface area is 78.8 Å². The molecule has 0 aromatic carbocycles. The van der Waals surface area contributed by atoms with Crippen molar-refractivity contribution < 1.29 is 0 Å². The van der Waals surface area contributed by atoms with Gasteiger partial charge in [-0.15, -0.1) is 0 Å². The summed E-state index contributed by atoms with van der Waals surface area (Å²) >= 11 is 0. The molecule has 0 radical (unpaired) electrons. The van der Waals surface area contributed by atoms with Gasteiger partial charge in [-0.1, -0.05) is 41.5 Å². The van der Waals surface area contributed by atoms with E-state index in [0.29, 0.717) is 5.41 Å². The summed E-state index contributed by atoms with van der Waals surface area (Å²) in [5, 5.41) is 0. The van der Waals surface area contributed by atoms with Gasteiger partial charge >= 0.3 is 0 Å². The van der Waals surface area contributed by atoms with Gasteiger partial charge in [0.25, 0.3) is 0 Å². The summed E-state index contributed by atoms with van der Waals surface area (Å²) in [6.07, 6.45) is 5.78.